The lowest BCUT2D eigenvalue weighted by Gasteiger charge is -2.33. The minimum Gasteiger partial charge on any atom is -0.348 e. The number of nitrogens with zero attached hydrogens (tertiary/aromatic N) is 7. The number of aromatic nitrogens is 7. The van der Waals surface area contributed by atoms with E-state index in [0.29, 0.717) is 35.4 Å². The Balaban J connectivity index is 1.31. The number of halogens is 3. The number of hydrogen-bond donors (Lipinski definition) is 1. The number of hydrogen-bond acceptors (Lipinski definition) is 5. The van der Waals surface area contributed by atoms with Crippen LogP contribution in [0.15, 0.2) is 79.5 Å². The van der Waals surface area contributed by atoms with Crippen molar-refractivity contribution in [2.24, 2.45) is 0 Å². The Labute approximate surface area is 218 Å². The maximum atomic E-state index is 14.0. The largest absolute Gasteiger partial charge is 0.433 e. The second kappa shape index (κ2) is 8.51. The average Bonchev–Trinajstić information content (AvgIpc) is 3.69. The molecule has 0 fully saturated rings. The minimum absolute atomic E-state index is 0.271. The second-order valence-electron chi connectivity index (χ2n) is 9.25. The molecule has 0 saturated carbocycles. The van der Waals surface area contributed by atoms with E-state index in [1.165, 1.54) is 18.6 Å². The second-order valence-corrected chi connectivity index (χ2v) is 9.25. The van der Waals surface area contributed by atoms with Gasteiger partial charge in [-0.1, -0.05) is 12.1 Å². The van der Waals surface area contributed by atoms with Crippen molar-refractivity contribution in [1.82, 2.24) is 39.1 Å². The van der Waals surface area contributed by atoms with Crippen LogP contribution < -0.4 is 0 Å². The standard InChI is InChI=1S/C27H19F3N8O/c28-27(29,30)23-6-3-4-17-12-21(35-38(17)23)25-24-20(32-15-33-24)9-11-36(25)26(39)18-13-34-37-14-16(7-8-22(18)37)19-5-1-2-10-31-19/h1-8,10,12-15,25H,9,11H2,(H,32,33)/t25-/m0/s1. The van der Waals surface area contributed by atoms with Gasteiger partial charge in [-0.15, -0.1) is 0 Å². The number of carbonyl (C=O) groups excluding carboxylic acids is 1. The number of H-pyrrole nitrogens is 1. The average molecular weight is 528 g/mol. The van der Waals surface area contributed by atoms with E-state index in [0.717, 1.165) is 27.5 Å². The number of alkyl halides is 3. The van der Waals surface area contributed by atoms with Crippen molar-refractivity contribution < 1.29 is 18.0 Å². The highest BCUT2D eigenvalue weighted by Crippen LogP contribution is 2.36. The molecule has 0 radical (unpaired) electrons. The Morgan fingerprint density at radius 2 is 1.95 bits per heavy atom. The first-order valence-corrected chi connectivity index (χ1v) is 12.2. The van der Waals surface area contributed by atoms with E-state index >= 15 is 0 Å². The van der Waals surface area contributed by atoms with Crippen LogP contribution in [0, 0.1) is 0 Å². The molecule has 0 aliphatic carbocycles. The Bertz CT molecular complexity index is 1850. The van der Waals surface area contributed by atoms with Gasteiger partial charge in [0.25, 0.3) is 5.91 Å². The van der Waals surface area contributed by atoms with Gasteiger partial charge in [0.05, 0.1) is 46.2 Å². The summed E-state index contributed by atoms with van der Waals surface area (Å²) in [6.45, 7) is 0.321. The molecule has 1 aliphatic heterocycles. The molecule has 6 aromatic rings. The summed E-state index contributed by atoms with van der Waals surface area (Å²) in [7, 11) is 0. The Kier molecular flexibility index (Phi) is 5.05. The number of aromatic amines is 1. The summed E-state index contributed by atoms with van der Waals surface area (Å²) in [4.78, 5) is 27.5. The molecule has 0 saturated heterocycles. The van der Waals surface area contributed by atoms with Crippen LogP contribution in [0.2, 0.25) is 0 Å². The third-order valence-electron chi connectivity index (χ3n) is 6.97. The zero-order valence-electron chi connectivity index (χ0n) is 20.2. The van der Waals surface area contributed by atoms with Crippen LogP contribution >= 0.6 is 0 Å². The fourth-order valence-electron chi connectivity index (χ4n) is 5.17. The van der Waals surface area contributed by atoms with E-state index in [2.05, 4.69) is 25.1 Å². The van der Waals surface area contributed by atoms with Crippen molar-refractivity contribution in [3.8, 4) is 11.3 Å². The Morgan fingerprint density at radius 3 is 2.77 bits per heavy atom. The molecule has 12 heteroatoms. The van der Waals surface area contributed by atoms with E-state index in [4.69, 9.17) is 0 Å². The van der Waals surface area contributed by atoms with Crippen LogP contribution in [0.3, 0.4) is 0 Å². The first-order chi connectivity index (χ1) is 18.9. The van der Waals surface area contributed by atoms with Gasteiger partial charge in [-0.2, -0.15) is 23.4 Å². The van der Waals surface area contributed by atoms with Crippen LogP contribution in [-0.2, 0) is 12.6 Å². The van der Waals surface area contributed by atoms with Gasteiger partial charge in [-0.25, -0.2) is 14.0 Å². The molecule has 1 aliphatic rings. The lowest BCUT2D eigenvalue weighted by molar-refractivity contribution is -0.142. The number of pyridine rings is 3. The molecule has 1 N–H and O–H groups in total. The number of carbonyl (C=O) groups is 1. The molecular formula is C27H19F3N8O. The van der Waals surface area contributed by atoms with Crippen molar-refractivity contribution in [2.75, 3.05) is 6.54 Å². The molecule has 0 unspecified atom stereocenters. The predicted molar refractivity (Wildman–Crippen MR) is 134 cm³/mol. The van der Waals surface area contributed by atoms with Gasteiger partial charge in [0.15, 0.2) is 0 Å². The van der Waals surface area contributed by atoms with E-state index in [1.54, 1.807) is 33.9 Å². The van der Waals surface area contributed by atoms with Crippen molar-refractivity contribution in [3.05, 3.63) is 108 Å². The van der Waals surface area contributed by atoms with Gasteiger partial charge in [0, 0.05) is 36.6 Å². The Hall–Kier alpha value is -5.00. The molecular weight excluding hydrogens is 509 g/mol. The topological polar surface area (TPSA) is 96.5 Å². The lowest BCUT2D eigenvalue weighted by Crippen LogP contribution is -2.41. The number of fused-ring (bicyclic) bond motifs is 3. The highest BCUT2D eigenvalue weighted by atomic mass is 19.4. The summed E-state index contributed by atoms with van der Waals surface area (Å²) in [6, 6.07) is 13.9. The number of imidazole rings is 1. The van der Waals surface area contributed by atoms with Gasteiger partial charge in [0.1, 0.15) is 11.7 Å². The van der Waals surface area contributed by atoms with E-state index < -0.39 is 17.9 Å². The summed E-state index contributed by atoms with van der Waals surface area (Å²) in [6.07, 6.45) is 2.46. The summed E-state index contributed by atoms with van der Waals surface area (Å²) in [5.41, 5.74) is 3.62. The van der Waals surface area contributed by atoms with Crippen molar-refractivity contribution >= 4 is 16.9 Å². The first kappa shape index (κ1) is 23.1. The van der Waals surface area contributed by atoms with Gasteiger partial charge < -0.3 is 9.88 Å². The van der Waals surface area contributed by atoms with Crippen LogP contribution in [0.5, 0.6) is 0 Å². The molecule has 0 aromatic carbocycles. The lowest BCUT2D eigenvalue weighted by atomic mass is 9.98. The molecule has 6 aromatic heterocycles. The SMILES string of the molecule is O=C(c1cnn2cc(-c3ccccn3)ccc12)N1CCc2[nH]cnc2[C@@H]1c1cc2cccc(C(F)(F)F)n2n1. The zero-order valence-corrected chi connectivity index (χ0v) is 20.2. The van der Waals surface area contributed by atoms with Crippen molar-refractivity contribution in [1.29, 1.82) is 0 Å². The summed E-state index contributed by atoms with van der Waals surface area (Å²) >= 11 is 0. The molecule has 0 spiro atoms. The molecule has 1 atom stereocenters. The van der Waals surface area contributed by atoms with Gasteiger partial charge in [0.2, 0.25) is 0 Å². The molecule has 9 nitrogen and oxygen atoms in total. The first-order valence-electron chi connectivity index (χ1n) is 12.2. The van der Waals surface area contributed by atoms with Crippen LogP contribution in [0.25, 0.3) is 22.3 Å². The van der Waals surface area contributed by atoms with Gasteiger partial charge in [-0.05, 0) is 42.5 Å². The molecule has 0 bridgehead atoms. The molecule has 7 rings (SSSR count). The minimum atomic E-state index is -4.59. The third-order valence-corrected chi connectivity index (χ3v) is 6.97. The third kappa shape index (κ3) is 3.75. The van der Waals surface area contributed by atoms with Crippen molar-refractivity contribution in [2.45, 2.75) is 18.6 Å². The smallest absolute Gasteiger partial charge is 0.348 e. The zero-order chi connectivity index (χ0) is 26.7. The normalized spacial score (nSPS) is 15.7. The maximum absolute atomic E-state index is 14.0. The number of nitrogens with one attached hydrogen (secondary N) is 1. The number of amides is 1. The van der Waals surface area contributed by atoms with Crippen molar-refractivity contribution in [3.63, 3.8) is 0 Å². The molecule has 7 heterocycles. The Morgan fingerprint density at radius 1 is 1.05 bits per heavy atom. The fraction of sp³-hybridized carbons (Fsp3) is 0.148. The van der Waals surface area contributed by atoms with Gasteiger partial charge >= 0.3 is 6.18 Å². The highest BCUT2D eigenvalue weighted by Gasteiger charge is 2.39. The molecule has 194 valence electrons. The van der Waals surface area contributed by atoms with E-state index in [-0.39, 0.29) is 11.4 Å². The number of rotatable bonds is 3. The summed E-state index contributed by atoms with van der Waals surface area (Å²) in [5.74, 6) is -0.317. The monoisotopic (exact) mass is 528 g/mol. The van der Waals surface area contributed by atoms with Crippen LogP contribution in [0.4, 0.5) is 13.2 Å². The maximum Gasteiger partial charge on any atom is 0.433 e. The predicted octanol–water partition coefficient (Wildman–Crippen LogP) is 4.57. The summed E-state index contributed by atoms with van der Waals surface area (Å²) < 4.78 is 43.5. The van der Waals surface area contributed by atoms with Gasteiger partial charge in [-0.3, -0.25) is 9.78 Å². The highest BCUT2D eigenvalue weighted by molar-refractivity contribution is 6.01. The quantitative estimate of drug-likeness (QED) is 0.363. The van der Waals surface area contributed by atoms with E-state index in [9.17, 15) is 18.0 Å². The van der Waals surface area contributed by atoms with Crippen LogP contribution in [-0.4, -0.2) is 51.5 Å². The fourth-order valence-corrected chi connectivity index (χ4v) is 5.17. The molecule has 39 heavy (non-hydrogen) atoms. The molecule has 1 amide bonds. The van der Waals surface area contributed by atoms with E-state index in [1.807, 2.05) is 30.3 Å². The van der Waals surface area contributed by atoms with Crippen LogP contribution in [0.1, 0.15) is 39.2 Å². The summed E-state index contributed by atoms with van der Waals surface area (Å²) in [5, 5.41) is 8.72.